The Morgan fingerprint density at radius 3 is 2.86 bits per heavy atom. The lowest BCUT2D eigenvalue weighted by molar-refractivity contribution is 0.232. The van der Waals surface area contributed by atoms with Crippen LogP contribution in [-0.4, -0.2) is 25.4 Å². The van der Waals surface area contributed by atoms with Gasteiger partial charge in [0.05, 0.1) is 17.3 Å². The molecular weight excluding hydrogens is 295 g/mol. The van der Waals surface area contributed by atoms with Crippen molar-refractivity contribution >= 4 is 22.6 Å². The highest BCUT2D eigenvalue weighted by Crippen LogP contribution is 2.26. The molecule has 1 N–H and O–H groups in total. The lowest BCUT2D eigenvalue weighted by Gasteiger charge is -2.08. The van der Waals surface area contributed by atoms with E-state index in [-0.39, 0.29) is 6.61 Å². The molecule has 0 bridgehead atoms. The topological polar surface area (TPSA) is 38.7 Å². The molecule has 0 aromatic heterocycles. The fourth-order valence-corrected chi connectivity index (χ4v) is 1.46. The van der Waals surface area contributed by atoms with Gasteiger partial charge in [-0.25, -0.2) is 0 Å². The summed E-state index contributed by atoms with van der Waals surface area (Å²) in [5, 5.41) is 8.61. The van der Waals surface area contributed by atoms with Crippen molar-refractivity contribution in [2.45, 2.75) is 6.42 Å². The van der Waals surface area contributed by atoms with Crippen molar-refractivity contribution in [2.75, 3.05) is 20.3 Å². The molecule has 0 aliphatic rings. The first kappa shape index (κ1) is 11.6. The molecule has 0 atom stereocenters. The molecule has 0 saturated heterocycles. The Bertz CT molecular complexity index is 289. The Morgan fingerprint density at radius 2 is 2.21 bits per heavy atom. The second kappa shape index (κ2) is 6.08. The Kier molecular flexibility index (Phi) is 5.03. The zero-order chi connectivity index (χ0) is 10.4. The summed E-state index contributed by atoms with van der Waals surface area (Å²) in [6.07, 6.45) is 0.646. The Hall–Kier alpha value is -0.490. The van der Waals surface area contributed by atoms with Crippen LogP contribution in [0, 0.1) is 3.57 Å². The fourth-order valence-electron chi connectivity index (χ4n) is 0.968. The summed E-state index contributed by atoms with van der Waals surface area (Å²) in [5.74, 6) is 1.59. The number of rotatable bonds is 5. The van der Waals surface area contributed by atoms with Crippen LogP contribution in [0.1, 0.15) is 6.42 Å². The maximum absolute atomic E-state index is 8.61. The van der Waals surface area contributed by atoms with Gasteiger partial charge in [-0.05, 0) is 34.7 Å². The van der Waals surface area contributed by atoms with E-state index in [2.05, 4.69) is 22.6 Å². The lowest BCUT2D eigenvalue weighted by Crippen LogP contribution is -2.01. The summed E-state index contributed by atoms with van der Waals surface area (Å²) in [4.78, 5) is 0. The van der Waals surface area contributed by atoms with Gasteiger partial charge >= 0.3 is 0 Å². The first-order valence-electron chi connectivity index (χ1n) is 4.35. The molecule has 1 rings (SSSR count). The van der Waals surface area contributed by atoms with Crippen LogP contribution in [0.2, 0.25) is 0 Å². The molecule has 0 saturated carbocycles. The van der Waals surface area contributed by atoms with Gasteiger partial charge in [-0.15, -0.1) is 0 Å². The highest BCUT2D eigenvalue weighted by Gasteiger charge is 2.02. The normalized spacial score (nSPS) is 9.93. The maximum Gasteiger partial charge on any atom is 0.136 e. The highest BCUT2D eigenvalue weighted by molar-refractivity contribution is 14.1. The van der Waals surface area contributed by atoms with Gasteiger partial charge in [-0.2, -0.15) is 0 Å². The molecule has 0 fully saturated rings. The number of aliphatic hydroxyl groups excluding tert-OH is 1. The van der Waals surface area contributed by atoms with Crippen molar-refractivity contribution in [3.63, 3.8) is 0 Å². The standard InChI is InChI=1S/C10H13IO3/c1-13-8-3-4-9(11)10(7-8)14-6-2-5-12/h3-4,7,12H,2,5-6H2,1H3. The molecule has 1 aromatic rings. The van der Waals surface area contributed by atoms with Gasteiger partial charge < -0.3 is 14.6 Å². The van der Waals surface area contributed by atoms with Crippen LogP contribution in [-0.2, 0) is 0 Å². The fraction of sp³-hybridized carbons (Fsp3) is 0.400. The van der Waals surface area contributed by atoms with E-state index in [1.54, 1.807) is 7.11 Å². The summed E-state index contributed by atoms with van der Waals surface area (Å²) in [5.41, 5.74) is 0. The SMILES string of the molecule is COc1ccc(I)c(OCCCO)c1. The van der Waals surface area contributed by atoms with Gasteiger partial charge in [0.25, 0.3) is 0 Å². The third-order valence-electron chi connectivity index (χ3n) is 1.70. The van der Waals surface area contributed by atoms with Crippen molar-refractivity contribution < 1.29 is 14.6 Å². The molecule has 0 aliphatic heterocycles. The second-order valence-electron chi connectivity index (χ2n) is 2.72. The van der Waals surface area contributed by atoms with Crippen LogP contribution < -0.4 is 9.47 Å². The van der Waals surface area contributed by atoms with E-state index in [1.807, 2.05) is 18.2 Å². The Morgan fingerprint density at radius 1 is 1.43 bits per heavy atom. The number of ether oxygens (including phenoxy) is 2. The predicted octanol–water partition coefficient (Wildman–Crippen LogP) is 2.06. The quantitative estimate of drug-likeness (QED) is 0.668. The van der Waals surface area contributed by atoms with E-state index >= 15 is 0 Å². The Balaban J connectivity index is 2.64. The molecule has 0 radical (unpaired) electrons. The summed E-state index contributed by atoms with van der Waals surface area (Å²) in [6.45, 7) is 0.681. The Labute approximate surface area is 97.2 Å². The largest absolute Gasteiger partial charge is 0.497 e. The minimum atomic E-state index is 0.153. The van der Waals surface area contributed by atoms with Gasteiger partial charge in [0.2, 0.25) is 0 Å². The van der Waals surface area contributed by atoms with Crippen LogP contribution in [0.25, 0.3) is 0 Å². The third kappa shape index (κ3) is 3.34. The highest BCUT2D eigenvalue weighted by atomic mass is 127. The maximum atomic E-state index is 8.61. The van der Waals surface area contributed by atoms with Crippen LogP contribution >= 0.6 is 22.6 Å². The van der Waals surface area contributed by atoms with Gasteiger partial charge in [0, 0.05) is 19.1 Å². The van der Waals surface area contributed by atoms with E-state index < -0.39 is 0 Å². The number of hydrogen-bond donors (Lipinski definition) is 1. The molecule has 3 nitrogen and oxygen atoms in total. The number of benzene rings is 1. The van der Waals surface area contributed by atoms with Gasteiger partial charge in [-0.1, -0.05) is 0 Å². The number of methoxy groups -OCH3 is 1. The van der Waals surface area contributed by atoms with E-state index in [0.29, 0.717) is 13.0 Å². The molecule has 0 amide bonds. The van der Waals surface area contributed by atoms with Gasteiger partial charge in [0.15, 0.2) is 0 Å². The molecule has 14 heavy (non-hydrogen) atoms. The molecule has 78 valence electrons. The minimum Gasteiger partial charge on any atom is -0.497 e. The predicted molar refractivity (Wildman–Crippen MR) is 62.9 cm³/mol. The summed E-state index contributed by atoms with van der Waals surface area (Å²) < 4.78 is 11.6. The molecule has 0 heterocycles. The number of hydrogen-bond acceptors (Lipinski definition) is 3. The molecule has 1 aromatic carbocycles. The summed E-state index contributed by atoms with van der Waals surface area (Å²) >= 11 is 2.20. The van der Waals surface area contributed by atoms with Gasteiger partial charge in [0.1, 0.15) is 11.5 Å². The molecular formula is C10H13IO3. The van der Waals surface area contributed by atoms with Crippen molar-refractivity contribution in [1.82, 2.24) is 0 Å². The lowest BCUT2D eigenvalue weighted by atomic mass is 10.3. The summed E-state index contributed by atoms with van der Waals surface area (Å²) in [6, 6.07) is 5.67. The molecule has 0 aliphatic carbocycles. The van der Waals surface area contributed by atoms with E-state index in [0.717, 1.165) is 15.1 Å². The zero-order valence-electron chi connectivity index (χ0n) is 8.00. The average molecular weight is 308 g/mol. The van der Waals surface area contributed by atoms with Crippen LogP contribution in [0.4, 0.5) is 0 Å². The van der Waals surface area contributed by atoms with Gasteiger partial charge in [-0.3, -0.25) is 0 Å². The number of halogens is 1. The van der Waals surface area contributed by atoms with Crippen LogP contribution in [0.5, 0.6) is 11.5 Å². The monoisotopic (exact) mass is 308 g/mol. The first-order chi connectivity index (χ1) is 6.77. The van der Waals surface area contributed by atoms with Crippen LogP contribution in [0.15, 0.2) is 18.2 Å². The van der Waals surface area contributed by atoms with E-state index in [4.69, 9.17) is 14.6 Å². The van der Waals surface area contributed by atoms with Crippen LogP contribution in [0.3, 0.4) is 0 Å². The zero-order valence-corrected chi connectivity index (χ0v) is 10.2. The third-order valence-corrected chi connectivity index (χ3v) is 2.59. The number of aliphatic hydroxyl groups is 1. The van der Waals surface area contributed by atoms with Crippen molar-refractivity contribution in [1.29, 1.82) is 0 Å². The van der Waals surface area contributed by atoms with E-state index in [1.165, 1.54) is 0 Å². The first-order valence-corrected chi connectivity index (χ1v) is 5.43. The van der Waals surface area contributed by atoms with Crippen molar-refractivity contribution in [3.8, 4) is 11.5 Å². The summed E-state index contributed by atoms with van der Waals surface area (Å²) in [7, 11) is 1.62. The van der Waals surface area contributed by atoms with Crippen molar-refractivity contribution in [3.05, 3.63) is 21.8 Å². The second-order valence-corrected chi connectivity index (χ2v) is 3.88. The molecule has 0 spiro atoms. The van der Waals surface area contributed by atoms with E-state index in [9.17, 15) is 0 Å². The molecule has 4 heteroatoms. The smallest absolute Gasteiger partial charge is 0.136 e. The average Bonchev–Trinajstić information content (AvgIpc) is 2.21. The minimum absolute atomic E-state index is 0.153. The van der Waals surface area contributed by atoms with Crippen molar-refractivity contribution in [2.24, 2.45) is 0 Å². The molecule has 0 unspecified atom stereocenters.